The van der Waals surface area contributed by atoms with E-state index in [0.717, 1.165) is 0 Å². The average Bonchev–Trinajstić information content (AvgIpc) is 2.96. The summed E-state index contributed by atoms with van der Waals surface area (Å²) in [5.41, 5.74) is 1.03. The lowest BCUT2D eigenvalue weighted by molar-refractivity contribution is 0.407. The van der Waals surface area contributed by atoms with Gasteiger partial charge in [0.2, 0.25) is 5.88 Å². The quantitative estimate of drug-likeness (QED) is 0.736. The van der Waals surface area contributed by atoms with Gasteiger partial charge in [-0.05, 0) is 42.8 Å². The van der Waals surface area contributed by atoms with Crippen LogP contribution in [0.3, 0.4) is 0 Å². The minimum absolute atomic E-state index is 0.0944. The molecular weight excluding hydrogens is 334 g/mol. The van der Waals surface area contributed by atoms with Crippen LogP contribution in [0.4, 0.5) is 0 Å². The van der Waals surface area contributed by atoms with E-state index in [1.165, 1.54) is 11.7 Å². The Morgan fingerprint density at radius 3 is 2.46 bits per heavy atom. The number of hydrogen-bond donors (Lipinski definition) is 2. The van der Waals surface area contributed by atoms with Crippen LogP contribution in [0.2, 0.25) is 0 Å². The van der Waals surface area contributed by atoms with Gasteiger partial charge >= 0.3 is 5.69 Å². The number of benzene rings is 2. The van der Waals surface area contributed by atoms with Crippen molar-refractivity contribution >= 4 is 0 Å². The first-order valence-electron chi connectivity index (χ1n) is 7.96. The molecule has 7 nitrogen and oxygen atoms in total. The van der Waals surface area contributed by atoms with Crippen LogP contribution in [-0.2, 0) is 6.42 Å². The van der Waals surface area contributed by atoms with E-state index in [-0.39, 0.29) is 5.88 Å². The lowest BCUT2D eigenvalue weighted by Gasteiger charge is -2.09. The molecule has 0 aliphatic carbocycles. The minimum atomic E-state index is -0.398. The number of H-pyrrole nitrogens is 1. The smallest absolute Gasteiger partial charge is 0.333 e. The molecule has 0 radical (unpaired) electrons. The summed E-state index contributed by atoms with van der Waals surface area (Å²) >= 11 is 0. The van der Waals surface area contributed by atoms with Crippen LogP contribution < -0.4 is 15.2 Å². The third-order valence-corrected chi connectivity index (χ3v) is 3.92. The maximum Gasteiger partial charge on any atom is 0.333 e. The molecular formula is C19H17N3O4. The predicted octanol–water partition coefficient (Wildman–Crippen LogP) is 3.11. The summed E-state index contributed by atoms with van der Waals surface area (Å²) in [6.45, 7) is 1.85. The van der Waals surface area contributed by atoms with Crippen molar-refractivity contribution in [1.82, 2.24) is 9.55 Å². The Morgan fingerprint density at radius 1 is 1.19 bits per heavy atom. The number of aryl methyl sites for hydroxylation is 1. The molecule has 1 aromatic heterocycles. The Labute approximate surface area is 149 Å². The molecule has 0 aliphatic heterocycles. The molecule has 0 atom stereocenters. The molecule has 0 aliphatic rings. The van der Waals surface area contributed by atoms with E-state index in [2.05, 4.69) is 4.98 Å². The molecule has 7 heteroatoms. The second kappa shape index (κ2) is 7.07. The topological polar surface area (TPSA) is 100 Å². The number of aromatic nitrogens is 2. The highest BCUT2D eigenvalue weighted by atomic mass is 16.5. The van der Waals surface area contributed by atoms with Gasteiger partial charge in [0.15, 0.2) is 0 Å². The van der Waals surface area contributed by atoms with Crippen LogP contribution in [0, 0.1) is 11.3 Å². The SMILES string of the molecule is CCc1[nH]c(=O)n(-c2ccc(Oc3ccc(C#N)c(OC)c3)cc2)c1O. The van der Waals surface area contributed by atoms with Crippen LogP contribution >= 0.6 is 0 Å². The van der Waals surface area contributed by atoms with Crippen molar-refractivity contribution in [2.75, 3.05) is 7.11 Å². The summed E-state index contributed by atoms with van der Waals surface area (Å²) in [7, 11) is 1.49. The van der Waals surface area contributed by atoms with Crippen molar-refractivity contribution in [3.63, 3.8) is 0 Å². The van der Waals surface area contributed by atoms with Gasteiger partial charge in [0.25, 0.3) is 0 Å². The molecule has 0 unspecified atom stereocenters. The fourth-order valence-corrected chi connectivity index (χ4v) is 2.58. The molecule has 0 fully saturated rings. The molecule has 2 aromatic carbocycles. The van der Waals surface area contributed by atoms with Crippen molar-refractivity contribution in [2.45, 2.75) is 13.3 Å². The summed E-state index contributed by atoms with van der Waals surface area (Å²) in [6.07, 6.45) is 0.524. The Bertz CT molecular complexity index is 1030. The van der Waals surface area contributed by atoms with E-state index in [1.807, 2.05) is 13.0 Å². The molecule has 0 bridgehead atoms. The van der Waals surface area contributed by atoms with Crippen LogP contribution in [0.1, 0.15) is 18.2 Å². The number of aromatic amines is 1. The molecule has 3 rings (SSSR count). The van der Waals surface area contributed by atoms with Crippen LogP contribution in [0.5, 0.6) is 23.1 Å². The number of aromatic hydroxyl groups is 1. The zero-order chi connectivity index (χ0) is 18.7. The van der Waals surface area contributed by atoms with Gasteiger partial charge in [-0.2, -0.15) is 5.26 Å². The minimum Gasteiger partial charge on any atom is -0.495 e. The molecule has 3 aromatic rings. The molecule has 0 spiro atoms. The monoisotopic (exact) mass is 351 g/mol. The van der Waals surface area contributed by atoms with E-state index < -0.39 is 5.69 Å². The number of nitrogens with one attached hydrogen (secondary N) is 1. The summed E-state index contributed by atoms with van der Waals surface area (Å²) in [5, 5.41) is 19.1. The third-order valence-electron chi connectivity index (χ3n) is 3.92. The lowest BCUT2D eigenvalue weighted by Crippen LogP contribution is -2.14. The van der Waals surface area contributed by atoms with E-state index in [1.54, 1.807) is 42.5 Å². The first-order chi connectivity index (χ1) is 12.6. The Hall–Kier alpha value is -3.66. The number of ether oxygens (including phenoxy) is 2. The lowest BCUT2D eigenvalue weighted by atomic mass is 10.2. The van der Waals surface area contributed by atoms with Crippen molar-refractivity contribution in [3.8, 4) is 34.9 Å². The Morgan fingerprint density at radius 2 is 1.88 bits per heavy atom. The van der Waals surface area contributed by atoms with Crippen molar-refractivity contribution < 1.29 is 14.6 Å². The first kappa shape index (κ1) is 17.2. The van der Waals surface area contributed by atoms with Gasteiger partial charge in [0.1, 0.15) is 23.3 Å². The largest absolute Gasteiger partial charge is 0.495 e. The van der Waals surface area contributed by atoms with Crippen molar-refractivity contribution in [1.29, 1.82) is 5.26 Å². The van der Waals surface area contributed by atoms with Crippen molar-refractivity contribution in [3.05, 3.63) is 64.2 Å². The molecule has 132 valence electrons. The van der Waals surface area contributed by atoms with E-state index >= 15 is 0 Å². The normalized spacial score (nSPS) is 10.3. The second-order valence-corrected chi connectivity index (χ2v) is 5.49. The number of nitriles is 1. The standard InChI is InChI=1S/C19H17N3O4/c1-3-16-18(23)22(19(24)21-16)13-5-8-14(9-6-13)26-15-7-4-12(11-20)17(10-15)25-2/h4-10,23H,3H2,1-2H3,(H,21,24). The number of hydrogen-bond acceptors (Lipinski definition) is 5. The van der Waals surface area contributed by atoms with Crippen LogP contribution in [-0.4, -0.2) is 21.8 Å². The summed E-state index contributed by atoms with van der Waals surface area (Å²) < 4.78 is 12.1. The zero-order valence-corrected chi connectivity index (χ0v) is 14.3. The van der Waals surface area contributed by atoms with E-state index in [9.17, 15) is 9.90 Å². The maximum atomic E-state index is 12.0. The fraction of sp³-hybridized carbons (Fsp3) is 0.158. The summed E-state index contributed by atoms with van der Waals surface area (Å²) in [5.74, 6) is 1.39. The van der Waals surface area contributed by atoms with Crippen LogP contribution in [0.15, 0.2) is 47.3 Å². The highest BCUT2D eigenvalue weighted by Crippen LogP contribution is 2.29. The molecule has 26 heavy (non-hydrogen) atoms. The van der Waals surface area contributed by atoms with Gasteiger partial charge in [-0.15, -0.1) is 0 Å². The van der Waals surface area contributed by atoms with Crippen molar-refractivity contribution in [2.24, 2.45) is 0 Å². The zero-order valence-electron chi connectivity index (χ0n) is 14.3. The fourth-order valence-electron chi connectivity index (χ4n) is 2.58. The number of nitrogens with zero attached hydrogens (tertiary/aromatic N) is 2. The molecule has 2 N–H and O–H groups in total. The van der Waals surface area contributed by atoms with Gasteiger partial charge in [-0.1, -0.05) is 6.92 Å². The highest BCUT2D eigenvalue weighted by molar-refractivity contribution is 5.49. The van der Waals surface area contributed by atoms with Crippen LogP contribution in [0.25, 0.3) is 5.69 Å². The molecule has 0 amide bonds. The van der Waals surface area contributed by atoms with Gasteiger partial charge < -0.3 is 19.6 Å². The van der Waals surface area contributed by atoms with Gasteiger partial charge in [-0.25, -0.2) is 9.36 Å². The third kappa shape index (κ3) is 3.13. The first-order valence-corrected chi connectivity index (χ1v) is 7.96. The number of methoxy groups -OCH3 is 1. The Balaban J connectivity index is 1.86. The average molecular weight is 351 g/mol. The predicted molar refractivity (Wildman–Crippen MR) is 95.2 cm³/mol. The highest BCUT2D eigenvalue weighted by Gasteiger charge is 2.13. The van der Waals surface area contributed by atoms with E-state index in [4.69, 9.17) is 14.7 Å². The number of rotatable bonds is 5. The maximum absolute atomic E-state index is 12.0. The molecule has 0 saturated heterocycles. The summed E-state index contributed by atoms with van der Waals surface area (Å²) in [6, 6.07) is 13.7. The van der Waals surface area contributed by atoms with E-state index in [0.29, 0.717) is 40.6 Å². The van der Waals surface area contributed by atoms with Gasteiger partial charge in [-0.3, -0.25) is 0 Å². The Kier molecular flexibility index (Phi) is 4.67. The second-order valence-electron chi connectivity index (χ2n) is 5.49. The van der Waals surface area contributed by atoms with Gasteiger partial charge in [0.05, 0.1) is 24.1 Å². The van der Waals surface area contributed by atoms with Gasteiger partial charge in [0, 0.05) is 6.07 Å². The molecule has 0 saturated carbocycles. The number of imidazole rings is 1. The molecule has 1 heterocycles. The summed E-state index contributed by atoms with van der Waals surface area (Å²) in [4.78, 5) is 14.6.